The molecule has 0 aliphatic heterocycles. The maximum absolute atomic E-state index is 12.7. The molecule has 2 rings (SSSR count). The van der Waals surface area contributed by atoms with Crippen LogP contribution in [0.2, 0.25) is 10.0 Å². The molecular formula is C17H17Cl2N3O5S. The number of anilines is 2. The van der Waals surface area contributed by atoms with Crippen LogP contribution in [0, 0.1) is 17.0 Å². The molecule has 0 saturated heterocycles. The zero-order valence-electron chi connectivity index (χ0n) is 15.1. The highest BCUT2D eigenvalue weighted by atomic mass is 35.5. The summed E-state index contributed by atoms with van der Waals surface area (Å²) in [6.07, 6.45) is 0.949. The number of hydrogen-bond donors (Lipinski definition) is 1. The van der Waals surface area contributed by atoms with Gasteiger partial charge in [-0.25, -0.2) is 8.42 Å². The van der Waals surface area contributed by atoms with Crippen molar-refractivity contribution < 1.29 is 18.1 Å². The smallest absolute Gasteiger partial charge is 0.271 e. The molecule has 2 aromatic carbocycles. The molecule has 0 fully saturated rings. The lowest BCUT2D eigenvalue weighted by atomic mass is 10.1. The van der Waals surface area contributed by atoms with E-state index >= 15 is 0 Å². The molecule has 0 aliphatic carbocycles. The third kappa shape index (κ3) is 5.12. The minimum absolute atomic E-state index is 0.124. The monoisotopic (exact) mass is 445 g/mol. The second-order valence-corrected chi connectivity index (χ2v) is 8.84. The molecule has 0 aliphatic rings. The van der Waals surface area contributed by atoms with E-state index < -0.39 is 26.9 Å². The van der Waals surface area contributed by atoms with Crippen molar-refractivity contribution in [2.24, 2.45) is 0 Å². The molecule has 1 unspecified atom stereocenters. The van der Waals surface area contributed by atoms with E-state index in [0.717, 1.165) is 10.6 Å². The lowest BCUT2D eigenvalue weighted by Gasteiger charge is -2.28. The molecule has 0 heterocycles. The normalized spacial score (nSPS) is 12.3. The number of rotatable bonds is 6. The second kappa shape index (κ2) is 8.34. The van der Waals surface area contributed by atoms with Crippen molar-refractivity contribution in [3.63, 3.8) is 0 Å². The van der Waals surface area contributed by atoms with E-state index in [1.807, 2.05) is 0 Å². The van der Waals surface area contributed by atoms with Gasteiger partial charge >= 0.3 is 0 Å². The number of carbonyl (C=O) groups excluding carboxylic acids is 1. The zero-order valence-corrected chi connectivity index (χ0v) is 17.5. The van der Waals surface area contributed by atoms with Crippen LogP contribution in [0.3, 0.4) is 0 Å². The van der Waals surface area contributed by atoms with Crippen molar-refractivity contribution in [2.45, 2.75) is 19.9 Å². The highest BCUT2D eigenvalue weighted by Gasteiger charge is 2.30. The Morgan fingerprint density at radius 3 is 2.25 bits per heavy atom. The fraction of sp³-hybridized carbons (Fsp3) is 0.235. The van der Waals surface area contributed by atoms with E-state index in [1.54, 1.807) is 6.92 Å². The van der Waals surface area contributed by atoms with E-state index in [9.17, 15) is 23.3 Å². The first kappa shape index (κ1) is 21.9. The molecule has 11 heteroatoms. The number of non-ortho nitro benzene ring substituents is 1. The van der Waals surface area contributed by atoms with Crippen molar-refractivity contribution in [3.05, 3.63) is 62.1 Å². The van der Waals surface area contributed by atoms with Crippen molar-refractivity contribution in [2.75, 3.05) is 15.9 Å². The van der Waals surface area contributed by atoms with Gasteiger partial charge in [-0.2, -0.15) is 0 Å². The minimum Gasteiger partial charge on any atom is -0.324 e. The highest BCUT2D eigenvalue weighted by Crippen LogP contribution is 2.29. The van der Waals surface area contributed by atoms with Gasteiger partial charge in [-0.1, -0.05) is 29.3 Å². The van der Waals surface area contributed by atoms with Crippen molar-refractivity contribution in [1.82, 2.24) is 0 Å². The van der Waals surface area contributed by atoms with Gasteiger partial charge in [0.1, 0.15) is 6.04 Å². The first-order chi connectivity index (χ1) is 12.9. The standard InChI is InChI=1S/C17H17Cl2N3O5S/c1-10-4-5-14(22(24)25)9-16(10)20-17(23)11(2)21(28(3,26)27)15-7-12(18)6-13(19)8-15/h4-9,11H,1-3H3,(H,20,23). The van der Waals surface area contributed by atoms with Gasteiger partial charge in [0.05, 0.1) is 22.6 Å². The number of nitrogens with one attached hydrogen (secondary N) is 1. The van der Waals surface area contributed by atoms with E-state index in [2.05, 4.69) is 5.32 Å². The minimum atomic E-state index is -3.87. The SMILES string of the molecule is Cc1ccc([N+](=O)[O-])cc1NC(=O)C(C)N(c1cc(Cl)cc(Cl)c1)S(C)(=O)=O. The Balaban J connectivity index is 2.40. The summed E-state index contributed by atoms with van der Waals surface area (Å²) < 4.78 is 25.5. The quantitative estimate of drug-likeness (QED) is 0.533. The molecule has 0 aromatic heterocycles. The number of hydrogen-bond acceptors (Lipinski definition) is 5. The largest absolute Gasteiger partial charge is 0.324 e. The molecule has 0 bridgehead atoms. The number of amides is 1. The maximum atomic E-state index is 12.7. The molecule has 8 nitrogen and oxygen atoms in total. The molecular weight excluding hydrogens is 429 g/mol. The predicted molar refractivity (Wildman–Crippen MR) is 110 cm³/mol. The van der Waals surface area contributed by atoms with Crippen LogP contribution in [-0.2, 0) is 14.8 Å². The second-order valence-electron chi connectivity index (χ2n) is 6.11. The Morgan fingerprint density at radius 2 is 1.75 bits per heavy atom. The third-order valence-corrected chi connectivity index (χ3v) is 5.56. The number of nitrogens with zero attached hydrogens (tertiary/aromatic N) is 2. The summed E-state index contributed by atoms with van der Waals surface area (Å²) in [4.78, 5) is 23.1. The number of nitro groups is 1. The van der Waals surface area contributed by atoms with Gasteiger partial charge in [0.15, 0.2) is 0 Å². The van der Waals surface area contributed by atoms with Crippen molar-refractivity contribution in [3.8, 4) is 0 Å². The van der Waals surface area contributed by atoms with Crippen LogP contribution in [0.5, 0.6) is 0 Å². The summed E-state index contributed by atoms with van der Waals surface area (Å²) in [6.45, 7) is 3.05. The highest BCUT2D eigenvalue weighted by molar-refractivity contribution is 7.92. The lowest BCUT2D eigenvalue weighted by molar-refractivity contribution is -0.384. The molecule has 1 atom stereocenters. The molecule has 1 amide bonds. The molecule has 28 heavy (non-hydrogen) atoms. The summed E-state index contributed by atoms with van der Waals surface area (Å²) >= 11 is 11.9. The van der Waals surface area contributed by atoms with Gasteiger partial charge in [-0.15, -0.1) is 0 Å². The Kier molecular flexibility index (Phi) is 6.53. The molecule has 2 aromatic rings. The van der Waals surface area contributed by atoms with Crippen LogP contribution >= 0.6 is 23.2 Å². The number of aryl methyl sites for hydroxylation is 1. The molecule has 0 spiro atoms. The van der Waals surface area contributed by atoms with Crippen LogP contribution in [0.1, 0.15) is 12.5 Å². The summed E-state index contributed by atoms with van der Waals surface area (Å²) in [6, 6.07) is 7.01. The summed E-state index contributed by atoms with van der Waals surface area (Å²) in [5.41, 5.74) is 0.722. The number of benzene rings is 2. The Labute approximate surface area is 172 Å². The summed E-state index contributed by atoms with van der Waals surface area (Å²) in [5.74, 6) is -0.676. The maximum Gasteiger partial charge on any atom is 0.271 e. The van der Waals surface area contributed by atoms with Crippen LogP contribution in [0.4, 0.5) is 17.1 Å². The number of carbonyl (C=O) groups is 1. The number of nitro benzene ring substituents is 1. The fourth-order valence-corrected chi connectivity index (χ4v) is 4.24. The molecule has 0 radical (unpaired) electrons. The summed E-state index contributed by atoms with van der Waals surface area (Å²) in [7, 11) is -3.87. The first-order valence-corrected chi connectivity index (χ1v) is 10.5. The Bertz CT molecular complexity index is 1020. The van der Waals surface area contributed by atoms with Crippen LogP contribution in [0.25, 0.3) is 0 Å². The van der Waals surface area contributed by atoms with Crippen LogP contribution in [-0.4, -0.2) is 31.5 Å². The van der Waals surface area contributed by atoms with Gasteiger partial charge < -0.3 is 5.32 Å². The van der Waals surface area contributed by atoms with Gasteiger partial charge in [0.2, 0.25) is 15.9 Å². The first-order valence-electron chi connectivity index (χ1n) is 7.91. The van der Waals surface area contributed by atoms with E-state index in [1.165, 1.54) is 43.3 Å². The number of sulfonamides is 1. The topological polar surface area (TPSA) is 110 Å². The van der Waals surface area contributed by atoms with Gasteiger partial charge in [0, 0.05) is 22.2 Å². The average Bonchev–Trinajstić information content (AvgIpc) is 2.54. The Hall–Kier alpha value is -2.36. The third-order valence-electron chi connectivity index (χ3n) is 3.88. The van der Waals surface area contributed by atoms with E-state index in [-0.39, 0.29) is 27.1 Å². The van der Waals surface area contributed by atoms with Gasteiger partial charge in [-0.3, -0.25) is 19.2 Å². The van der Waals surface area contributed by atoms with E-state index in [4.69, 9.17) is 23.2 Å². The predicted octanol–water partition coefficient (Wildman–Crippen LogP) is 4.00. The molecule has 0 saturated carbocycles. The van der Waals surface area contributed by atoms with Crippen LogP contribution < -0.4 is 9.62 Å². The van der Waals surface area contributed by atoms with Crippen molar-refractivity contribution >= 4 is 56.2 Å². The summed E-state index contributed by atoms with van der Waals surface area (Å²) in [5, 5.41) is 13.9. The fourth-order valence-electron chi connectivity index (χ4n) is 2.57. The van der Waals surface area contributed by atoms with Gasteiger partial charge in [0.25, 0.3) is 5.69 Å². The van der Waals surface area contributed by atoms with E-state index in [0.29, 0.717) is 5.56 Å². The molecule has 150 valence electrons. The number of halogens is 2. The van der Waals surface area contributed by atoms with Gasteiger partial charge in [-0.05, 0) is 37.6 Å². The van der Waals surface area contributed by atoms with Crippen molar-refractivity contribution in [1.29, 1.82) is 0 Å². The average molecular weight is 446 g/mol. The lowest BCUT2D eigenvalue weighted by Crippen LogP contribution is -2.45. The van der Waals surface area contributed by atoms with Crippen LogP contribution in [0.15, 0.2) is 36.4 Å². The Morgan fingerprint density at radius 1 is 1.18 bits per heavy atom. The zero-order chi connectivity index (χ0) is 21.2. The molecule has 1 N–H and O–H groups in total.